The van der Waals surface area contributed by atoms with E-state index in [0.717, 1.165) is 36.9 Å². The number of hydrogen-bond donors (Lipinski definition) is 2. The van der Waals surface area contributed by atoms with E-state index >= 15 is 0 Å². The number of piperazine rings is 1. The second-order valence-electron chi connectivity index (χ2n) is 5.74. The number of halogens is 1. The maximum atomic E-state index is 11.7. The van der Waals surface area contributed by atoms with Crippen molar-refractivity contribution in [2.45, 2.75) is 6.54 Å². The number of hydrogen-bond acceptors (Lipinski definition) is 5. The van der Waals surface area contributed by atoms with Gasteiger partial charge in [0.1, 0.15) is 0 Å². The van der Waals surface area contributed by atoms with Crippen LogP contribution in [-0.4, -0.2) is 55.0 Å². The van der Waals surface area contributed by atoms with Gasteiger partial charge in [0.25, 0.3) is 5.91 Å². The molecule has 26 heavy (non-hydrogen) atoms. The van der Waals surface area contributed by atoms with Gasteiger partial charge in [-0.05, 0) is 17.7 Å². The van der Waals surface area contributed by atoms with Crippen LogP contribution in [0, 0.1) is 0 Å². The Morgan fingerprint density at radius 3 is 2.77 bits per heavy atom. The summed E-state index contributed by atoms with van der Waals surface area (Å²) in [6.07, 6.45) is 1.83. The molecule has 3 N–H and O–H groups in total. The van der Waals surface area contributed by atoms with Crippen molar-refractivity contribution in [3.63, 3.8) is 0 Å². The molecule has 0 atom stereocenters. The number of guanidine groups is 1. The van der Waals surface area contributed by atoms with Gasteiger partial charge in [0, 0.05) is 50.4 Å². The number of aromatic nitrogens is 1. The van der Waals surface area contributed by atoms with Gasteiger partial charge in [-0.1, -0.05) is 12.1 Å². The van der Waals surface area contributed by atoms with Gasteiger partial charge in [-0.25, -0.2) is 9.98 Å². The third-order valence-corrected chi connectivity index (χ3v) is 4.97. The summed E-state index contributed by atoms with van der Waals surface area (Å²) in [5.74, 6) is 0.446. The number of amides is 1. The van der Waals surface area contributed by atoms with Crippen molar-refractivity contribution < 1.29 is 4.79 Å². The van der Waals surface area contributed by atoms with Crippen molar-refractivity contribution in [2.24, 2.45) is 10.7 Å². The molecule has 1 amide bonds. The van der Waals surface area contributed by atoms with E-state index in [9.17, 15) is 4.79 Å². The van der Waals surface area contributed by atoms with Crippen LogP contribution in [0.1, 0.15) is 15.9 Å². The molecule has 1 saturated heterocycles. The molecule has 0 aliphatic carbocycles. The molecule has 140 valence electrons. The second kappa shape index (κ2) is 9.72. The Morgan fingerprint density at radius 2 is 2.12 bits per heavy atom. The molecular formula is C17H23IN6OS. The van der Waals surface area contributed by atoms with E-state index in [-0.39, 0.29) is 29.9 Å². The molecule has 7 nitrogen and oxygen atoms in total. The fraction of sp³-hybridized carbons (Fsp3) is 0.353. The maximum Gasteiger partial charge on any atom is 0.251 e. The minimum Gasteiger partial charge on any atom is -0.370 e. The van der Waals surface area contributed by atoms with E-state index in [1.54, 1.807) is 24.5 Å². The summed E-state index contributed by atoms with van der Waals surface area (Å²) in [4.78, 5) is 24.9. The van der Waals surface area contributed by atoms with Gasteiger partial charge in [-0.2, -0.15) is 0 Å². The third-order valence-electron chi connectivity index (χ3n) is 4.13. The molecule has 1 aromatic heterocycles. The first-order chi connectivity index (χ1) is 12.2. The number of nitrogens with zero attached hydrogens (tertiary/aromatic N) is 4. The van der Waals surface area contributed by atoms with E-state index in [4.69, 9.17) is 5.73 Å². The quantitative estimate of drug-likeness (QED) is 0.391. The number of rotatable bonds is 4. The Balaban J connectivity index is 0.00000243. The van der Waals surface area contributed by atoms with Crippen LogP contribution >= 0.6 is 35.3 Å². The first-order valence-electron chi connectivity index (χ1n) is 8.17. The van der Waals surface area contributed by atoms with Crippen LogP contribution in [0.25, 0.3) is 0 Å². The summed E-state index contributed by atoms with van der Waals surface area (Å²) < 4.78 is 0. The highest BCUT2D eigenvalue weighted by atomic mass is 127. The standard InChI is InChI=1S/C17H22N6OS.HI/c1-19-15(24)14-4-2-3-13(11-14)12-21-16(18)22-6-8-23(9-7-22)17-20-5-10-25-17;/h2-5,10-11H,6-9,12H2,1H3,(H2,18,21)(H,19,24);1H. The van der Waals surface area contributed by atoms with E-state index < -0.39 is 0 Å². The third kappa shape index (κ3) is 5.07. The Morgan fingerprint density at radius 1 is 1.35 bits per heavy atom. The summed E-state index contributed by atoms with van der Waals surface area (Å²) in [7, 11) is 1.62. The van der Waals surface area contributed by atoms with Crippen molar-refractivity contribution >= 4 is 52.3 Å². The summed E-state index contributed by atoms with van der Waals surface area (Å²) in [5.41, 5.74) is 7.74. The molecule has 0 bridgehead atoms. The SMILES string of the molecule is CNC(=O)c1cccc(CN=C(N)N2CCN(c3nccs3)CC2)c1.I. The van der Waals surface area contributed by atoms with E-state index in [1.165, 1.54) is 0 Å². The molecule has 0 saturated carbocycles. The number of carbonyl (C=O) groups excluding carboxylic acids is 1. The van der Waals surface area contributed by atoms with Crippen LogP contribution in [0.5, 0.6) is 0 Å². The Kier molecular flexibility index (Phi) is 7.64. The number of nitrogens with two attached hydrogens (primary N) is 1. The predicted octanol–water partition coefficient (Wildman–Crippen LogP) is 1.76. The van der Waals surface area contributed by atoms with Crippen molar-refractivity contribution in [2.75, 3.05) is 38.1 Å². The molecule has 1 fully saturated rings. The van der Waals surface area contributed by atoms with Crippen molar-refractivity contribution in [3.05, 3.63) is 47.0 Å². The molecule has 0 unspecified atom stereocenters. The summed E-state index contributed by atoms with van der Waals surface area (Å²) >= 11 is 1.65. The van der Waals surface area contributed by atoms with Crippen molar-refractivity contribution in [1.82, 2.24) is 15.2 Å². The molecule has 2 aromatic rings. The fourth-order valence-corrected chi connectivity index (χ4v) is 3.42. The first kappa shape index (κ1) is 20.4. The van der Waals surface area contributed by atoms with Crippen molar-refractivity contribution in [3.8, 4) is 0 Å². The summed E-state index contributed by atoms with van der Waals surface area (Å²) in [5, 5.41) is 5.67. The molecule has 0 spiro atoms. The van der Waals surface area contributed by atoms with Crippen LogP contribution in [-0.2, 0) is 6.54 Å². The van der Waals surface area contributed by atoms with Gasteiger partial charge in [-0.3, -0.25) is 4.79 Å². The fourth-order valence-electron chi connectivity index (χ4n) is 2.73. The van der Waals surface area contributed by atoms with Gasteiger partial charge in [0.15, 0.2) is 11.1 Å². The number of aliphatic imine (C=N–C) groups is 1. The smallest absolute Gasteiger partial charge is 0.251 e. The van der Waals surface area contributed by atoms with Crippen LogP contribution < -0.4 is 16.0 Å². The molecule has 0 radical (unpaired) electrons. The zero-order chi connectivity index (χ0) is 17.6. The lowest BCUT2D eigenvalue weighted by Gasteiger charge is -2.35. The largest absolute Gasteiger partial charge is 0.370 e. The highest BCUT2D eigenvalue weighted by Gasteiger charge is 2.19. The Hall–Kier alpha value is -1.88. The molecule has 2 heterocycles. The molecule has 3 rings (SSSR count). The van der Waals surface area contributed by atoms with Crippen molar-refractivity contribution in [1.29, 1.82) is 0 Å². The highest BCUT2D eigenvalue weighted by Crippen LogP contribution is 2.18. The lowest BCUT2D eigenvalue weighted by Crippen LogP contribution is -2.51. The van der Waals surface area contributed by atoms with Crippen LogP contribution in [0.4, 0.5) is 5.13 Å². The van der Waals surface area contributed by atoms with Gasteiger partial charge in [-0.15, -0.1) is 35.3 Å². The van der Waals surface area contributed by atoms with Crippen LogP contribution in [0.15, 0.2) is 40.8 Å². The number of nitrogens with one attached hydrogen (secondary N) is 1. The normalized spacial score (nSPS) is 14.7. The number of anilines is 1. The number of benzene rings is 1. The monoisotopic (exact) mass is 486 g/mol. The summed E-state index contributed by atoms with van der Waals surface area (Å²) in [6.45, 7) is 3.88. The minimum atomic E-state index is -0.0999. The lowest BCUT2D eigenvalue weighted by atomic mass is 10.1. The Labute approximate surface area is 174 Å². The van der Waals surface area contributed by atoms with E-state index in [1.807, 2.05) is 29.8 Å². The number of thiazole rings is 1. The molecule has 9 heteroatoms. The first-order valence-corrected chi connectivity index (χ1v) is 9.05. The highest BCUT2D eigenvalue weighted by molar-refractivity contribution is 14.0. The lowest BCUT2D eigenvalue weighted by molar-refractivity contribution is 0.0963. The zero-order valence-corrected chi connectivity index (χ0v) is 17.7. The van der Waals surface area contributed by atoms with Crippen LogP contribution in [0.2, 0.25) is 0 Å². The zero-order valence-electron chi connectivity index (χ0n) is 14.6. The predicted molar refractivity (Wildman–Crippen MR) is 116 cm³/mol. The van der Waals surface area contributed by atoms with Gasteiger partial charge < -0.3 is 20.9 Å². The second-order valence-corrected chi connectivity index (χ2v) is 6.62. The van der Waals surface area contributed by atoms with Gasteiger partial charge >= 0.3 is 0 Å². The number of carbonyl (C=O) groups is 1. The molecule has 1 aliphatic heterocycles. The van der Waals surface area contributed by atoms with E-state index in [2.05, 4.69) is 25.1 Å². The summed E-state index contributed by atoms with van der Waals surface area (Å²) in [6, 6.07) is 7.44. The minimum absolute atomic E-state index is 0. The Bertz CT molecular complexity index is 743. The topological polar surface area (TPSA) is 86.8 Å². The molecular weight excluding hydrogens is 463 g/mol. The van der Waals surface area contributed by atoms with Gasteiger partial charge in [0.2, 0.25) is 0 Å². The average Bonchev–Trinajstić information content (AvgIpc) is 3.20. The maximum absolute atomic E-state index is 11.7. The van der Waals surface area contributed by atoms with E-state index in [0.29, 0.717) is 18.1 Å². The molecule has 1 aliphatic rings. The van der Waals surface area contributed by atoms with Crippen LogP contribution in [0.3, 0.4) is 0 Å². The molecule has 1 aromatic carbocycles. The average molecular weight is 486 g/mol. The van der Waals surface area contributed by atoms with Gasteiger partial charge in [0.05, 0.1) is 6.54 Å².